The lowest BCUT2D eigenvalue weighted by Gasteiger charge is -2.17. The van der Waals surface area contributed by atoms with E-state index >= 15 is 0 Å². The summed E-state index contributed by atoms with van der Waals surface area (Å²) in [6.45, 7) is 1.57. The summed E-state index contributed by atoms with van der Waals surface area (Å²) in [7, 11) is -4.35. The maximum absolute atomic E-state index is 14.4. The zero-order valence-electron chi connectivity index (χ0n) is 13.9. The van der Waals surface area contributed by atoms with Crippen molar-refractivity contribution in [3.63, 3.8) is 0 Å². The van der Waals surface area contributed by atoms with E-state index in [4.69, 9.17) is 0 Å². The number of aromatic nitrogens is 1. The molecule has 0 aliphatic rings. The fourth-order valence-electron chi connectivity index (χ4n) is 2.43. The second kappa shape index (κ2) is 7.57. The minimum absolute atomic E-state index is 0.0326. The Hall–Kier alpha value is -2.59. The Labute approximate surface area is 157 Å². The predicted molar refractivity (Wildman–Crippen MR) is 97.7 cm³/mol. The second-order valence-corrected chi connectivity index (χ2v) is 8.14. The van der Waals surface area contributed by atoms with Crippen LogP contribution in [0, 0.1) is 17.5 Å². The third kappa shape index (κ3) is 4.22. The molecular formula is C17H14F3N3O2S2. The van der Waals surface area contributed by atoms with Gasteiger partial charge >= 0.3 is 0 Å². The van der Waals surface area contributed by atoms with Crippen molar-refractivity contribution in [1.82, 2.24) is 4.98 Å². The van der Waals surface area contributed by atoms with E-state index in [0.29, 0.717) is 6.07 Å². The van der Waals surface area contributed by atoms with Crippen LogP contribution in [0.3, 0.4) is 0 Å². The molecule has 3 rings (SSSR count). The van der Waals surface area contributed by atoms with Gasteiger partial charge in [-0.25, -0.2) is 26.6 Å². The summed E-state index contributed by atoms with van der Waals surface area (Å²) in [6, 6.07) is 6.53. The lowest BCUT2D eigenvalue weighted by atomic mass is 10.1. The quantitative estimate of drug-likeness (QED) is 0.623. The van der Waals surface area contributed by atoms with Crippen molar-refractivity contribution in [3.05, 3.63) is 71.0 Å². The molecule has 27 heavy (non-hydrogen) atoms. The molecule has 2 N–H and O–H groups in total. The summed E-state index contributed by atoms with van der Waals surface area (Å²) < 4.78 is 69.2. The molecular weight excluding hydrogens is 399 g/mol. The molecule has 1 aromatic heterocycles. The molecule has 0 radical (unpaired) electrons. The summed E-state index contributed by atoms with van der Waals surface area (Å²) in [6.07, 6.45) is 1.37. The maximum Gasteiger partial charge on any atom is 0.266 e. The minimum atomic E-state index is -4.35. The van der Waals surface area contributed by atoms with Crippen LogP contribution in [0.15, 0.2) is 52.9 Å². The molecule has 1 atom stereocenters. The van der Waals surface area contributed by atoms with Crippen molar-refractivity contribution in [1.29, 1.82) is 0 Å². The SMILES string of the molecule is C[C@H](Nc1cc(F)c(S(=O)(=O)Nc2nccs2)cc1F)c1ccccc1F. The third-order valence-electron chi connectivity index (χ3n) is 3.71. The predicted octanol–water partition coefficient (Wildman–Crippen LogP) is 4.53. The van der Waals surface area contributed by atoms with E-state index in [1.165, 1.54) is 29.8 Å². The van der Waals surface area contributed by atoms with Crippen molar-refractivity contribution >= 4 is 32.2 Å². The fourth-order valence-corrected chi connectivity index (χ4v) is 4.29. The number of thiazole rings is 1. The molecule has 5 nitrogen and oxygen atoms in total. The van der Waals surface area contributed by atoms with E-state index in [1.807, 2.05) is 0 Å². The summed E-state index contributed by atoms with van der Waals surface area (Å²) in [5.74, 6) is -2.63. The van der Waals surface area contributed by atoms with E-state index in [2.05, 4.69) is 15.0 Å². The lowest BCUT2D eigenvalue weighted by molar-refractivity contribution is 0.555. The number of hydrogen-bond donors (Lipinski definition) is 2. The van der Waals surface area contributed by atoms with Gasteiger partial charge in [-0.2, -0.15) is 0 Å². The first kappa shape index (κ1) is 19.2. The number of sulfonamides is 1. The van der Waals surface area contributed by atoms with Crippen molar-refractivity contribution < 1.29 is 21.6 Å². The molecule has 1 heterocycles. The Morgan fingerprint density at radius 3 is 2.48 bits per heavy atom. The van der Waals surface area contributed by atoms with Gasteiger partial charge in [0, 0.05) is 23.2 Å². The summed E-state index contributed by atoms with van der Waals surface area (Å²) in [5, 5.41) is 4.22. The average molecular weight is 413 g/mol. The van der Waals surface area contributed by atoms with E-state index in [0.717, 1.165) is 17.4 Å². The van der Waals surface area contributed by atoms with Crippen LogP contribution in [0.1, 0.15) is 18.5 Å². The number of anilines is 2. The van der Waals surface area contributed by atoms with Crippen LogP contribution in [0.4, 0.5) is 24.0 Å². The standard InChI is InChI=1S/C17H14F3N3O2S2/c1-10(11-4-2-3-5-12(11)18)22-15-8-14(20)16(9-13(15)19)27(24,25)23-17-21-6-7-26-17/h2-10,22H,1H3,(H,21,23)/t10-/m0/s1. The normalized spacial score (nSPS) is 12.6. The molecule has 2 aromatic carbocycles. The van der Waals surface area contributed by atoms with E-state index in [-0.39, 0.29) is 16.4 Å². The van der Waals surface area contributed by atoms with Crippen molar-refractivity contribution in [3.8, 4) is 0 Å². The molecule has 0 unspecified atom stereocenters. The highest BCUT2D eigenvalue weighted by Gasteiger charge is 2.23. The second-order valence-electron chi connectivity index (χ2n) is 5.59. The van der Waals surface area contributed by atoms with Gasteiger partial charge in [0.05, 0.1) is 11.7 Å². The highest BCUT2D eigenvalue weighted by Crippen LogP contribution is 2.28. The number of benzene rings is 2. The van der Waals surface area contributed by atoms with E-state index in [9.17, 15) is 21.6 Å². The fraction of sp³-hybridized carbons (Fsp3) is 0.118. The number of halogens is 3. The molecule has 0 saturated heterocycles. The molecule has 3 aromatic rings. The first-order valence-electron chi connectivity index (χ1n) is 7.70. The van der Waals surface area contributed by atoms with E-state index < -0.39 is 38.4 Å². The Morgan fingerprint density at radius 2 is 1.81 bits per heavy atom. The summed E-state index contributed by atoms with van der Waals surface area (Å²) in [5.41, 5.74) is -0.0177. The van der Waals surface area contributed by atoms with Gasteiger partial charge in [-0.3, -0.25) is 4.72 Å². The van der Waals surface area contributed by atoms with Crippen molar-refractivity contribution in [2.24, 2.45) is 0 Å². The smallest absolute Gasteiger partial charge is 0.266 e. The van der Waals surface area contributed by atoms with Crippen LogP contribution >= 0.6 is 11.3 Å². The highest BCUT2D eigenvalue weighted by molar-refractivity contribution is 7.93. The summed E-state index contributed by atoms with van der Waals surface area (Å²) in [4.78, 5) is 2.89. The van der Waals surface area contributed by atoms with Crippen molar-refractivity contribution in [2.45, 2.75) is 17.9 Å². The molecule has 0 bridgehead atoms. The first-order chi connectivity index (χ1) is 12.8. The summed E-state index contributed by atoms with van der Waals surface area (Å²) >= 11 is 1.000. The van der Waals surface area contributed by atoms with E-state index in [1.54, 1.807) is 13.0 Å². The van der Waals surface area contributed by atoms with Gasteiger partial charge in [0.25, 0.3) is 10.0 Å². The highest BCUT2D eigenvalue weighted by atomic mass is 32.2. The number of nitrogens with zero attached hydrogens (tertiary/aromatic N) is 1. The van der Waals surface area contributed by atoms with Gasteiger partial charge < -0.3 is 5.32 Å². The van der Waals surface area contributed by atoms with Gasteiger partial charge in [-0.05, 0) is 19.1 Å². The van der Waals surface area contributed by atoms with Crippen LogP contribution in [0.5, 0.6) is 0 Å². The van der Waals surface area contributed by atoms with Crippen LogP contribution < -0.4 is 10.0 Å². The average Bonchev–Trinajstić information content (AvgIpc) is 3.10. The van der Waals surface area contributed by atoms with Crippen LogP contribution in [-0.4, -0.2) is 13.4 Å². The molecule has 0 saturated carbocycles. The maximum atomic E-state index is 14.4. The zero-order chi connectivity index (χ0) is 19.6. The zero-order valence-corrected chi connectivity index (χ0v) is 15.5. The molecule has 0 spiro atoms. The van der Waals surface area contributed by atoms with Gasteiger partial charge in [-0.1, -0.05) is 18.2 Å². The third-order valence-corrected chi connectivity index (χ3v) is 5.88. The number of rotatable bonds is 6. The van der Waals surface area contributed by atoms with Crippen molar-refractivity contribution in [2.75, 3.05) is 10.0 Å². The Kier molecular flexibility index (Phi) is 5.38. The number of hydrogen-bond acceptors (Lipinski definition) is 5. The van der Waals surface area contributed by atoms with Crippen LogP contribution in [0.25, 0.3) is 0 Å². The molecule has 0 aliphatic heterocycles. The first-order valence-corrected chi connectivity index (χ1v) is 10.1. The molecule has 0 fully saturated rings. The molecule has 0 amide bonds. The van der Waals surface area contributed by atoms with Crippen LogP contribution in [-0.2, 0) is 10.0 Å². The van der Waals surface area contributed by atoms with Gasteiger partial charge in [0.1, 0.15) is 22.3 Å². The minimum Gasteiger partial charge on any atom is -0.376 e. The Balaban J connectivity index is 1.88. The lowest BCUT2D eigenvalue weighted by Crippen LogP contribution is -2.16. The Morgan fingerprint density at radius 1 is 1.07 bits per heavy atom. The molecule has 142 valence electrons. The van der Waals surface area contributed by atoms with Gasteiger partial charge in [-0.15, -0.1) is 11.3 Å². The molecule has 0 aliphatic carbocycles. The molecule has 10 heteroatoms. The van der Waals surface area contributed by atoms with Crippen LogP contribution in [0.2, 0.25) is 0 Å². The largest absolute Gasteiger partial charge is 0.376 e. The Bertz CT molecular complexity index is 1060. The number of nitrogens with one attached hydrogen (secondary N) is 2. The topological polar surface area (TPSA) is 71.1 Å². The van der Waals surface area contributed by atoms with Gasteiger partial charge in [0.2, 0.25) is 0 Å². The van der Waals surface area contributed by atoms with Gasteiger partial charge in [0.15, 0.2) is 5.13 Å². The monoisotopic (exact) mass is 413 g/mol.